The zero-order chi connectivity index (χ0) is 18.6. The minimum Gasteiger partial charge on any atom is -0.458 e. The van der Waals surface area contributed by atoms with Crippen LogP contribution in [-0.2, 0) is 14.3 Å². The van der Waals surface area contributed by atoms with E-state index in [1.165, 1.54) is 18.4 Å². The van der Waals surface area contributed by atoms with E-state index in [-0.39, 0.29) is 17.5 Å². The van der Waals surface area contributed by atoms with Crippen LogP contribution >= 0.6 is 0 Å². The van der Waals surface area contributed by atoms with Gasteiger partial charge >= 0.3 is 5.97 Å². The molecule has 4 aliphatic rings. The van der Waals surface area contributed by atoms with E-state index in [2.05, 4.69) is 20.4 Å². The normalized spacial score (nSPS) is 44.4. The highest BCUT2D eigenvalue weighted by Crippen LogP contribution is 2.63. The molecule has 0 aromatic carbocycles. The van der Waals surface area contributed by atoms with E-state index in [0.717, 1.165) is 32.1 Å². The molecule has 0 amide bonds. The van der Waals surface area contributed by atoms with Crippen molar-refractivity contribution in [3.63, 3.8) is 0 Å². The molecular weight excluding hydrogens is 324 g/mol. The number of carbonyl (C=O) groups excluding carboxylic acids is 2. The molecule has 0 saturated heterocycles. The van der Waals surface area contributed by atoms with Gasteiger partial charge in [-0.1, -0.05) is 26.0 Å². The van der Waals surface area contributed by atoms with Crippen molar-refractivity contribution in [1.82, 2.24) is 0 Å². The summed E-state index contributed by atoms with van der Waals surface area (Å²) >= 11 is 0. The van der Waals surface area contributed by atoms with Gasteiger partial charge in [0.2, 0.25) is 0 Å². The number of ether oxygens (including phenoxy) is 1. The maximum absolute atomic E-state index is 12.1. The molecule has 4 aliphatic carbocycles. The number of allylic oxidation sites excluding steroid dienone is 1. The fraction of sp³-hybridized carbons (Fsp3) is 0.739. The van der Waals surface area contributed by atoms with Gasteiger partial charge in [0.05, 0.1) is 0 Å². The first kappa shape index (κ1) is 18.0. The van der Waals surface area contributed by atoms with Crippen LogP contribution in [-0.4, -0.2) is 17.9 Å². The molecule has 3 saturated carbocycles. The van der Waals surface area contributed by atoms with Crippen LogP contribution < -0.4 is 0 Å². The Hall–Kier alpha value is -1.38. The lowest BCUT2D eigenvalue weighted by Gasteiger charge is -2.55. The van der Waals surface area contributed by atoms with E-state index >= 15 is 0 Å². The zero-order valence-electron chi connectivity index (χ0n) is 16.4. The van der Waals surface area contributed by atoms with Gasteiger partial charge in [-0.05, 0) is 81.1 Å². The summed E-state index contributed by atoms with van der Waals surface area (Å²) in [5, 5.41) is 0. The van der Waals surface area contributed by atoms with E-state index in [1.54, 1.807) is 6.92 Å². The second kappa shape index (κ2) is 6.35. The van der Waals surface area contributed by atoms with Gasteiger partial charge < -0.3 is 4.74 Å². The van der Waals surface area contributed by atoms with Crippen molar-refractivity contribution in [2.75, 3.05) is 0 Å². The molecule has 0 aromatic heterocycles. The van der Waals surface area contributed by atoms with Crippen molar-refractivity contribution >= 4 is 11.8 Å². The lowest BCUT2D eigenvalue weighted by Crippen LogP contribution is -2.50. The molecule has 0 heterocycles. The van der Waals surface area contributed by atoms with Gasteiger partial charge in [0.25, 0.3) is 0 Å². The van der Waals surface area contributed by atoms with E-state index < -0.39 is 0 Å². The van der Waals surface area contributed by atoms with Gasteiger partial charge in [-0.2, -0.15) is 0 Å². The summed E-state index contributed by atoms with van der Waals surface area (Å²) in [6, 6.07) is 0. The van der Waals surface area contributed by atoms with Gasteiger partial charge in [-0.15, -0.1) is 0 Å². The Kier molecular flexibility index (Phi) is 4.40. The lowest BCUT2D eigenvalue weighted by molar-refractivity contribution is -0.155. The highest BCUT2D eigenvalue weighted by Gasteiger charge is 2.59. The summed E-state index contributed by atoms with van der Waals surface area (Å²) in [5.74, 6) is 3.40. The third-order valence-corrected chi connectivity index (χ3v) is 8.15. The molecule has 0 spiro atoms. The first-order valence-corrected chi connectivity index (χ1v) is 10.4. The molecule has 0 N–H and O–H groups in total. The van der Waals surface area contributed by atoms with E-state index in [1.807, 2.05) is 6.08 Å². The van der Waals surface area contributed by atoms with Gasteiger partial charge in [0.1, 0.15) is 6.10 Å². The molecule has 0 radical (unpaired) electrons. The predicted octanol–water partition coefficient (Wildman–Crippen LogP) is 4.86. The van der Waals surface area contributed by atoms with Crippen molar-refractivity contribution in [2.24, 2.45) is 35.0 Å². The Morgan fingerprint density at radius 2 is 2.04 bits per heavy atom. The monoisotopic (exact) mass is 356 g/mol. The van der Waals surface area contributed by atoms with Crippen LogP contribution in [0.25, 0.3) is 0 Å². The SMILES string of the molecule is C=C(C)C(=O)O[C@H]1CC[C@H]2[C@H]3[C@H](CC[C@]12C)[C@H]1CCC(=O)C=C1C[C@H]3C. The standard InChI is InChI=1S/C23H32O3/c1-13(2)22(25)26-20-8-7-19-21-14(3)11-15-12-16(24)5-6-17(15)18(21)9-10-23(19,20)4/h12,14,17-21H,1,5-11H2,2-4H3/t14-,17+,18-,19+,20+,21-,23+/m1/s1. The van der Waals surface area contributed by atoms with Crippen LogP contribution in [0, 0.1) is 35.0 Å². The molecule has 3 nitrogen and oxygen atoms in total. The minimum atomic E-state index is -0.230. The summed E-state index contributed by atoms with van der Waals surface area (Å²) in [7, 11) is 0. The van der Waals surface area contributed by atoms with Crippen molar-refractivity contribution in [2.45, 2.75) is 71.8 Å². The maximum atomic E-state index is 12.1. The predicted molar refractivity (Wildman–Crippen MR) is 101 cm³/mol. The summed E-state index contributed by atoms with van der Waals surface area (Å²) in [6.45, 7) is 10.2. The minimum absolute atomic E-state index is 0.0368. The van der Waals surface area contributed by atoms with Crippen LogP contribution in [0.5, 0.6) is 0 Å². The fourth-order valence-electron chi connectivity index (χ4n) is 6.96. The van der Waals surface area contributed by atoms with E-state index in [9.17, 15) is 9.59 Å². The number of hydrogen-bond donors (Lipinski definition) is 0. The van der Waals surface area contributed by atoms with Crippen molar-refractivity contribution in [1.29, 1.82) is 0 Å². The third kappa shape index (κ3) is 2.70. The highest BCUT2D eigenvalue weighted by atomic mass is 16.5. The van der Waals surface area contributed by atoms with Gasteiger partial charge in [-0.3, -0.25) is 4.79 Å². The van der Waals surface area contributed by atoms with Crippen molar-refractivity contribution in [3.05, 3.63) is 23.8 Å². The fourth-order valence-corrected chi connectivity index (χ4v) is 6.96. The van der Waals surface area contributed by atoms with E-state index in [0.29, 0.717) is 40.9 Å². The molecule has 4 rings (SSSR count). The Labute approximate surface area is 157 Å². The second-order valence-corrected chi connectivity index (χ2v) is 9.66. The van der Waals surface area contributed by atoms with Crippen molar-refractivity contribution < 1.29 is 14.3 Å². The summed E-state index contributed by atoms with van der Waals surface area (Å²) in [5.41, 5.74) is 2.03. The van der Waals surface area contributed by atoms with Gasteiger partial charge in [0, 0.05) is 17.4 Å². The van der Waals surface area contributed by atoms with Gasteiger partial charge in [0.15, 0.2) is 5.78 Å². The molecule has 26 heavy (non-hydrogen) atoms. The molecule has 3 heteroatoms. The maximum Gasteiger partial charge on any atom is 0.333 e. The topological polar surface area (TPSA) is 43.4 Å². The molecule has 0 unspecified atom stereocenters. The molecule has 3 fully saturated rings. The molecule has 0 aliphatic heterocycles. The quantitative estimate of drug-likeness (QED) is 0.524. The Morgan fingerprint density at radius 3 is 2.77 bits per heavy atom. The number of esters is 1. The molecule has 7 atom stereocenters. The Bertz CT molecular complexity index is 675. The average Bonchev–Trinajstić information content (AvgIpc) is 2.91. The molecule has 0 aromatic rings. The Balaban J connectivity index is 1.58. The highest BCUT2D eigenvalue weighted by molar-refractivity contribution is 5.91. The number of rotatable bonds is 2. The summed E-state index contributed by atoms with van der Waals surface area (Å²) in [6.07, 6.45) is 9.37. The Morgan fingerprint density at radius 1 is 1.27 bits per heavy atom. The summed E-state index contributed by atoms with van der Waals surface area (Å²) < 4.78 is 5.89. The summed E-state index contributed by atoms with van der Waals surface area (Å²) in [4.78, 5) is 24.0. The van der Waals surface area contributed by atoms with Crippen LogP contribution in [0.15, 0.2) is 23.8 Å². The second-order valence-electron chi connectivity index (χ2n) is 9.66. The van der Waals surface area contributed by atoms with Crippen LogP contribution in [0.2, 0.25) is 0 Å². The van der Waals surface area contributed by atoms with Crippen molar-refractivity contribution in [3.8, 4) is 0 Å². The number of ketones is 1. The lowest BCUT2D eigenvalue weighted by atomic mass is 9.49. The largest absolute Gasteiger partial charge is 0.458 e. The smallest absolute Gasteiger partial charge is 0.333 e. The first-order valence-electron chi connectivity index (χ1n) is 10.4. The van der Waals surface area contributed by atoms with Crippen LogP contribution in [0.1, 0.15) is 65.7 Å². The van der Waals surface area contributed by atoms with Crippen LogP contribution in [0.3, 0.4) is 0 Å². The first-order chi connectivity index (χ1) is 12.3. The van der Waals surface area contributed by atoms with Crippen LogP contribution in [0.4, 0.5) is 0 Å². The number of fused-ring (bicyclic) bond motifs is 5. The van der Waals surface area contributed by atoms with Gasteiger partial charge in [-0.25, -0.2) is 4.79 Å². The average molecular weight is 357 g/mol. The van der Waals surface area contributed by atoms with E-state index in [4.69, 9.17) is 4.74 Å². The third-order valence-electron chi connectivity index (χ3n) is 8.15. The zero-order valence-corrected chi connectivity index (χ0v) is 16.4. The molecule has 142 valence electrons. The molecular formula is C23H32O3. The number of carbonyl (C=O) groups is 2. The molecule has 0 bridgehead atoms. The number of hydrogen-bond acceptors (Lipinski definition) is 3.